The summed E-state index contributed by atoms with van der Waals surface area (Å²) in [7, 11) is -2.47. The summed E-state index contributed by atoms with van der Waals surface area (Å²) in [6, 6.07) is 17.8. The van der Waals surface area contributed by atoms with Crippen LogP contribution in [-0.4, -0.2) is 114 Å². The van der Waals surface area contributed by atoms with Gasteiger partial charge in [0.05, 0.1) is 17.5 Å². The number of H-pyrrole nitrogens is 1. The lowest BCUT2D eigenvalue weighted by Crippen LogP contribution is -2.52. The molecule has 5 heterocycles. The Kier molecular flexibility index (Phi) is 15.3. The Labute approximate surface area is 418 Å². The van der Waals surface area contributed by atoms with Crippen molar-refractivity contribution >= 4 is 73.9 Å². The van der Waals surface area contributed by atoms with Gasteiger partial charge in [0.25, 0.3) is 35.1 Å². The van der Waals surface area contributed by atoms with Crippen molar-refractivity contribution < 1.29 is 51.5 Å². The Morgan fingerprint density at radius 3 is 2.26 bits per heavy atom. The van der Waals surface area contributed by atoms with Crippen molar-refractivity contribution in [2.75, 3.05) is 37.2 Å². The first-order valence-corrected chi connectivity index (χ1v) is 25.6. The Morgan fingerprint density at radius 1 is 0.795 bits per heavy atom. The number of hydrogen-bond acceptors (Lipinski definition) is 12. The molecule has 3 aromatic carbocycles. The van der Waals surface area contributed by atoms with E-state index in [1.165, 1.54) is 40.9 Å². The zero-order chi connectivity index (χ0) is 52.0. The lowest BCUT2D eigenvalue weighted by molar-refractivity contribution is -0.138. The maximum absolute atomic E-state index is 14.0. The molecule has 3 aliphatic heterocycles. The standard InChI is InChI=1S/C51H53N9O12S/c1-58-28-37(34-26-39(55-46(34)51(58)69)48(66)54-23-22-52-42(61)20-24-59-44(63)18-19-45(59)64)33-25-38(57-73(2,70)71)35(27-41(33)72-31-13-7-5-8-14-31)47(65)53-21-9-4-3-6-11-30-12-10-15-32-36(30)29-60(50(32)68)40-16-17-43(62)56-49(40)67/h5,7-8,10,12-15,18-19,25-28,40,55,57H,3-4,6,9,11,16-17,20-24,29H2,1-2H3,(H,52,61)(H,53,65)(H,54,66)(H,56,62,67). The van der Waals surface area contributed by atoms with Gasteiger partial charge in [0.1, 0.15) is 28.8 Å². The molecule has 8 amide bonds. The van der Waals surface area contributed by atoms with Crippen LogP contribution >= 0.6 is 0 Å². The van der Waals surface area contributed by atoms with Crippen molar-refractivity contribution in [2.45, 2.75) is 64.0 Å². The van der Waals surface area contributed by atoms with Gasteiger partial charge in [0.2, 0.25) is 27.7 Å². The third kappa shape index (κ3) is 11.9. The number of fused-ring (bicyclic) bond motifs is 2. The van der Waals surface area contributed by atoms with Gasteiger partial charge in [0, 0.05) is 93.0 Å². The molecule has 6 N–H and O–H groups in total. The van der Waals surface area contributed by atoms with Crippen molar-refractivity contribution in [3.8, 4) is 22.6 Å². The second kappa shape index (κ2) is 21.9. The summed E-state index contributed by atoms with van der Waals surface area (Å²) >= 11 is 0. The topological polar surface area (TPSA) is 284 Å². The van der Waals surface area contributed by atoms with Gasteiger partial charge in [0.15, 0.2) is 0 Å². The summed E-state index contributed by atoms with van der Waals surface area (Å²) in [6.07, 6.45) is 8.66. The van der Waals surface area contributed by atoms with Crippen LogP contribution in [0.4, 0.5) is 5.69 Å². The first-order chi connectivity index (χ1) is 34.9. The number of aryl methyl sites for hydroxylation is 2. The monoisotopic (exact) mass is 1020 g/mol. The van der Waals surface area contributed by atoms with E-state index in [4.69, 9.17) is 4.74 Å². The number of nitrogens with one attached hydrogen (secondary N) is 6. The number of aromatic amines is 1. The minimum atomic E-state index is -3.97. The van der Waals surface area contributed by atoms with Crippen LogP contribution in [0.25, 0.3) is 22.0 Å². The van der Waals surface area contributed by atoms with Crippen LogP contribution in [0, 0.1) is 0 Å². The molecular weight excluding hydrogens is 963 g/mol. The Bertz CT molecular complexity index is 3260. The molecule has 0 aliphatic carbocycles. The molecular formula is C51H53N9O12S. The summed E-state index contributed by atoms with van der Waals surface area (Å²) in [5.41, 5.74) is 2.51. The number of benzene rings is 3. The maximum atomic E-state index is 14.0. The lowest BCUT2D eigenvalue weighted by atomic mass is 9.98. The number of carbonyl (C=O) groups excluding carboxylic acids is 8. The molecule has 1 unspecified atom stereocenters. The van der Waals surface area contributed by atoms with Crippen LogP contribution in [0.3, 0.4) is 0 Å². The molecule has 0 spiro atoms. The summed E-state index contributed by atoms with van der Waals surface area (Å²) in [5.74, 6) is -3.16. The average Bonchev–Trinajstić information content (AvgIpc) is 4.05. The van der Waals surface area contributed by atoms with Crippen LogP contribution in [0.2, 0.25) is 0 Å². The number of amides is 8. The van der Waals surface area contributed by atoms with E-state index in [-0.39, 0.29) is 96.4 Å². The number of ether oxygens (including phenoxy) is 1. The average molecular weight is 1020 g/mol. The number of nitrogens with zero attached hydrogens (tertiary/aromatic N) is 3. The first-order valence-electron chi connectivity index (χ1n) is 23.7. The van der Waals surface area contributed by atoms with Gasteiger partial charge in [-0.3, -0.25) is 58.1 Å². The highest BCUT2D eigenvalue weighted by molar-refractivity contribution is 7.92. The van der Waals surface area contributed by atoms with Gasteiger partial charge >= 0.3 is 0 Å². The van der Waals surface area contributed by atoms with E-state index >= 15 is 0 Å². The second-order valence-electron chi connectivity index (χ2n) is 17.9. The first kappa shape index (κ1) is 51.0. The van der Waals surface area contributed by atoms with Crippen LogP contribution in [0.5, 0.6) is 11.5 Å². The van der Waals surface area contributed by atoms with Crippen molar-refractivity contribution in [3.63, 3.8) is 0 Å². The van der Waals surface area contributed by atoms with E-state index in [9.17, 15) is 51.6 Å². The molecule has 22 heteroatoms. The number of rotatable bonds is 21. The van der Waals surface area contributed by atoms with Gasteiger partial charge in [-0.15, -0.1) is 0 Å². The van der Waals surface area contributed by atoms with Crippen molar-refractivity contribution in [3.05, 3.63) is 123 Å². The minimum absolute atomic E-state index is 0.00104. The highest BCUT2D eigenvalue weighted by Crippen LogP contribution is 2.41. The van der Waals surface area contributed by atoms with Gasteiger partial charge in [-0.1, -0.05) is 43.2 Å². The van der Waals surface area contributed by atoms with Gasteiger partial charge in [-0.25, -0.2) is 8.42 Å². The highest BCUT2D eigenvalue weighted by atomic mass is 32.2. The Balaban J connectivity index is 0.943. The fourth-order valence-corrected chi connectivity index (χ4v) is 9.60. The molecule has 0 bridgehead atoms. The van der Waals surface area contributed by atoms with E-state index in [1.807, 2.05) is 12.1 Å². The SMILES string of the molecule is Cn1cc(-c2cc(NS(C)(=O)=O)c(C(=O)NCCCCCCc3cccc4c3CN(C3CCC(=O)NC3=O)C4=O)cc2Oc2ccccc2)c2cc(C(=O)NCCNC(=O)CCN3C(=O)C=CC3=O)[nH]c2c1=O. The Hall–Kier alpha value is -8.40. The fourth-order valence-electron chi connectivity index (χ4n) is 9.03. The number of sulfonamides is 1. The number of hydrogen-bond donors (Lipinski definition) is 6. The molecule has 3 aliphatic rings. The molecule has 21 nitrogen and oxygen atoms in total. The van der Waals surface area contributed by atoms with Crippen molar-refractivity contribution in [2.24, 2.45) is 7.05 Å². The number of aromatic nitrogens is 2. The zero-order valence-corrected chi connectivity index (χ0v) is 40.8. The van der Waals surface area contributed by atoms with E-state index in [2.05, 4.69) is 31.0 Å². The molecule has 1 fully saturated rings. The van der Waals surface area contributed by atoms with E-state index < -0.39 is 57.1 Å². The summed E-state index contributed by atoms with van der Waals surface area (Å²) in [5, 5.41) is 10.8. The smallest absolute Gasteiger partial charge is 0.274 e. The number of para-hydroxylation sites is 1. The number of imide groups is 2. The number of anilines is 1. The van der Waals surface area contributed by atoms with Crippen LogP contribution in [0.1, 0.15) is 87.3 Å². The fraction of sp³-hybridized carbons (Fsp3) is 0.314. The number of pyridine rings is 1. The third-order valence-corrected chi connectivity index (χ3v) is 13.3. The van der Waals surface area contributed by atoms with Crippen LogP contribution in [0.15, 0.2) is 89.9 Å². The van der Waals surface area contributed by atoms with E-state index in [1.54, 1.807) is 36.4 Å². The van der Waals surface area contributed by atoms with Crippen molar-refractivity contribution in [1.82, 2.24) is 40.6 Å². The molecule has 2 aromatic heterocycles. The maximum Gasteiger partial charge on any atom is 0.274 e. The molecule has 73 heavy (non-hydrogen) atoms. The summed E-state index contributed by atoms with van der Waals surface area (Å²) in [6.45, 7) is 0.464. The van der Waals surface area contributed by atoms with Gasteiger partial charge in [-0.05, 0) is 73.2 Å². The number of unbranched alkanes of at least 4 members (excludes halogenated alkanes) is 3. The third-order valence-electron chi connectivity index (χ3n) is 12.7. The van der Waals surface area contributed by atoms with Gasteiger partial charge in [-0.2, -0.15) is 0 Å². The summed E-state index contributed by atoms with van der Waals surface area (Å²) < 4.78 is 35.8. The van der Waals surface area contributed by atoms with Gasteiger partial charge < -0.3 is 35.1 Å². The van der Waals surface area contributed by atoms with Crippen LogP contribution in [-0.2, 0) is 54.0 Å². The molecule has 0 saturated carbocycles. The largest absolute Gasteiger partial charge is 0.457 e. The number of piperidine rings is 1. The molecule has 5 aromatic rings. The molecule has 8 rings (SSSR count). The summed E-state index contributed by atoms with van der Waals surface area (Å²) in [4.78, 5) is 120. The lowest BCUT2D eigenvalue weighted by Gasteiger charge is -2.29. The molecule has 1 atom stereocenters. The van der Waals surface area contributed by atoms with Crippen LogP contribution < -0.4 is 36.3 Å². The molecule has 380 valence electrons. The quantitative estimate of drug-likeness (QED) is 0.0457. The predicted molar refractivity (Wildman–Crippen MR) is 267 cm³/mol. The molecule has 0 radical (unpaired) electrons. The normalized spacial score (nSPS) is 15.4. The minimum Gasteiger partial charge on any atom is -0.457 e. The highest BCUT2D eigenvalue weighted by Gasteiger charge is 2.39. The van der Waals surface area contributed by atoms with E-state index in [0.717, 1.165) is 53.7 Å². The second-order valence-corrected chi connectivity index (χ2v) is 19.6. The molecule has 1 saturated heterocycles. The van der Waals surface area contributed by atoms with Crippen molar-refractivity contribution in [1.29, 1.82) is 0 Å². The zero-order valence-electron chi connectivity index (χ0n) is 40.0. The van der Waals surface area contributed by atoms with E-state index in [0.29, 0.717) is 36.3 Å². The predicted octanol–water partition coefficient (Wildman–Crippen LogP) is 3.15. The Morgan fingerprint density at radius 2 is 1.52 bits per heavy atom. The number of carbonyl (C=O) groups is 8.